The molecule has 0 aromatic carbocycles. The standard InChI is InChI=1S/C10H14N2OS/c1-7(2)14-9(10(11)13)8-5-3-4-6-12-8/h3-7,9H,1-2H3,(H2,11,13). The molecule has 2 N–H and O–H groups in total. The summed E-state index contributed by atoms with van der Waals surface area (Å²) in [6.45, 7) is 4.06. The van der Waals surface area contributed by atoms with Crippen molar-refractivity contribution < 1.29 is 4.79 Å². The largest absolute Gasteiger partial charge is 0.368 e. The molecule has 4 heteroatoms. The molecule has 0 aliphatic carbocycles. The summed E-state index contributed by atoms with van der Waals surface area (Å²) in [5.74, 6) is -0.331. The smallest absolute Gasteiger partial charge is 0.236 e. The Morgan fingerprint density at radius 3 is 2.64 bits per heavy atom. The summed E-state index contributed by atoms with van der Waals surface area (Å²) in [7, 11) is 0. The first-order chi connectivity index (χ1) is 6.61. The summed E-state index contributed by atoms with van der Waals surface area (Å²) in [5.41, 5.74) is 6.05. The number of primary amides is 1. The van der Waals surface area contributed by atoms with E-state index in [4.69, 9.17) is 5.73 Å². The van der Waals surface area contributed by atoms with E-state index in [1.165, 1.54) is 11.8 Å². The van der Waals surface area contributed by atoms with Gasteiger partial charge in [0, 0.05) is 11.4 Å². The van der Waals surface area contributed by atoms with Crippen molar-refractivity contribution in [3.8, 4) is 0 Å². The second-order valence-electron chi connectivity index (χ2n) is 3.22. The molecule has 1 unspecified atom stereocenters. The van der Waals surface area contributed by atoms with Crippen molar-refractivity contribution in [1.29, 1.82) is 0 Å². The van der Waals surface area contributed by atoms with Crippen LogP contribution >= 0.6 is 11.8 Å². The van der Waals surface area contributed by atoms with Gasteiger partial charge < -0.3 is 5.73 Å². The number of aromatic nitrogens is 1. The van der Waals surface area contributed by atoms with Gasteiger partial charge in [0.1, 0.15) is 5.25 Å². The summed E-state index contributed by atoms with van der Waals surface area (Å²) >= 11 is 1.52. The van der Waals surface area contributed by atoms with Crippen molar-refractivity contribution in [3.05, 3.63) is 30.1 Å². The van der Waals surface area contributed by atoms with Crippen molar-refractivity contribution in [2.45, 2.75) is 24.3 Å². The maximum absolute atomic E-state index is 11.2. The lowest BCUT2D eigenvalue weighted by Gasteiger charge is -2.14. The molecule has 14 heavy (non-hydrogen) atoms. The number of amides is 1. The average Bonchev–Trinajstić information content (AvgIpc) is 2.15. The molecule has 1 heterocycles. The van der Waals surface area contributed by atoms with Gasteiger partial charge in [0.2, 0.25) is 5.91 Å². The van der Waals surface area contributed by atoms with Crippen molar-refractivity contribution in [2.75, 3.05) is 0 Å². The van der Waals surface area contributed by atoms with E-state index in [9.17, 15) is 4.79 Å². The number of carbonyl (C=O) groups excluding carboxylic acids is 1. The van der Waals surface area contributed by atoms with E-state index in [0.717, 1.165) is 5.69 Å². The zero-order chi connectivity index (χ0) is 10.6. The van der Waals surface area contributed by atoms with Crippen LogP contribution in [0.2, 0.25) is 0 Å². The molecular weight excluding hydrogens is 196 g/mol. The minimum Gasteiger partial charge on any atom is -0.368 e. The minimum absolute atomic E-state index is 0.331. The van der Waals surface area contributed by atoms with Crippen LogP contribution in [0.4, 0.5) is 0 Å². The van der Waals surface area contributed by atoms with Crippen LogP contribution in [0.15, 0.2) is 24.4 Å². The Bertz CT molecular complexity index is 300. The van der Waals surface area contributed by atoms with E-state index in [0.29, 0.717) is 5.25 Å². The fourth-order valence-corrected chi connectivity index (χ4v) is 2.04. The number of thioether (sulfide) groups is 1. The third-order valence-corrected chi connectivity index (χ3v) is 2.91. The lowest BCUT2D eigenvalue weighted by molar-refractivity contribution is -0.117. The Kier molecular flexibility index (Phi) is 3.95. The summed E-state index contributed by atoms with van der Waals surface area (Å²) < 4.78 is 0. The molecule has 0 saturated carbocycles. The van der Waals surface area contributed by atoms with Crippen LogP contribution in [0.3, 0.4) is 0 Å². The van der Waals surface area contributed by atoms with Crippen molar-refractivity contribution in [1.82, 2.24) is 4.98 Å². The van der Waals surface area contributed by atoms with Gasteiger partial charge in [-0.15, -0.1) is 11.8 Å². The van der Waals surface area contributed by atoms with Gasteiger partial charge in [-0.05, 0) is 12.1 Å². The van der Waals surface area contributed by atoms with Crippen molar-refractivity contribution in [2.24, 2.45) is 5.73 Å². The van der Waals surface area contributed by atoms with E-state index < -0.39 is 0 Å². The Hall–Kier alpha value is -1.03. The summed E-state index contributed by atoms with van der Waals surface area (Å²) in [5, 5.41) is 0.0192. The van der Waals surface area contributed by atoms with Gasteiger partial charge in [-0.25, -0.2) is 0 Å². The molecule has 0 radical (unpaired) electrons. The molecule has 3 nitrogen and oxygen atoms in total. The van der Waals surface area contributed by atoms with Crippen molar-refractivity contribution in [3.63, 3.8) is 0 Å². The number of carbonyl (C=O) groups is 1. The van der Waals surface area contributed by atoms with E-state index in [-0.39, 0.29) is 11.2 Å². The third-order valence-electron chi connectivity index (χ3n) is 1.62. The Labute approximate surface area is 88.1 Å². The van der Waals surface area contributed by atoms with Crippen LogP contribution in [0.1, 0.15) is 24.8 Å². The molecule has 1 amide bonds. The normalized spacial score (nSPS) is 12.8. The fraction of sp³-hybridized carbons (Fsp3) is 0.400. The highest BCUT2D eigenvalue weighted by Gasteiger charge is 2.20. The number of hydrogen-bond acceptors (Lipinski definition) is 3. The van der Waals surface area contributed by atoms with E-state index in [1.54, 1.807) is 6.20 Å². The number of pyridine rings is 1. The molecule has 1 atom stereocenters. The lowest BCUT2D eigenvalue weighted by atomic mass is 10.2. The van der Waals surface area contributed by atoms with Gasteiger partial charge in [-0.2, -0.15) is 0 Å². The van der Waals surface area contributed by atoms with Crippen LogP contribution in [0.5, 0.6) is 0 Å². The molecule has 1 aromatic heterocycles. The first kappa shape index (κ1) is 11.0. The molecule has 0 aliphatic rings. The number of nitrogens with zero attached hydrogens (tertiary/aromatic N) is 1. The first-order valence-electron chi connectivity index (χ1n) is 4.47. The van der Waals surface area contributed by atoms with Gasteiger partial charge in [-0.3, -0.25) is 9.78 Å². The van der Waals surface area contributed by atoms with Gasteiger partial charge in [0.15, 0.2) is 0 Å². The maximum atomic E-state index is 11.2. The minimum atomic E-state index is -0.337. The Morgan fingerprint density at radius 1 is 1.50 bits per heavy atom. The molecule has 1 rings (SSSR count). The van der Waals surface area contributed by atoms with Crippen LogP contribution in [0.25, 0.3) is 0 Å². The molecule has 76 valence electrons. The molecule has 0 fully saturated rings. The van der Waals surface area contributed by atoms with Gasteiger partial charge >= 0.3 is 0 Å². The molecule has 1 aromatic rings. The van der Waals surface area contributed by atoms with E-state index >= 15 is 0 Å². The Balaban J connectivity index is 2.84. The predicted octanol–water partition coefficient (Wildman–Crippen LogP) is 1.75. The number of hydrogen-bond donors (Lipinski definition) is 1. The summed E-state index contributed by atoms with van der Waals surface area (Å²) in [6.07, 6.45) is 1.67. The molecule has 0 bridgehead atoms. The molecule has 0 spiro atoms. The van der Waals surface area contributed by atoms with Gasteiger partial charge in [0.25, 0.3) is 0 Å². The van der Waals surface area contributed by atoms with Gasteiger partial charge in [-0.1, -0.05) is 19.9 Å². The van der Waals surface area contributed by atoms with Crippen LogP contribution in [-0.4, -0.2) is 16.1 Å². The zero-order valence-electron chi connectivity index (χ0n) is 8.31. The highest BCUT2D eigenvalue weighted by Crippen LogP contribution is 2.30. The van der Waals surface area contributed by atoms with E-state index in [2.05, 4.69) is 4.98 Å². The fourth-order valence-electron chi connectivity index (χ4n) is 1.09. The van der Waals surface area contributed by atoms with E-state index in [1.807, 2.05) is 32.0 Å². The molecule has 0 saturated heterocycles. The lowest BCUT2D eigenvalue weighted by Crippen LogP contribution is -2.21. The van der Waals surface area contributed by atoms with Crippen LogP contribution < -0.4 is 5.73 Å². The average molecular weight is 210 g/mol. The van der Waals surface area contributed by atoms with Crippen LogP contribution in [-0.2, 0) is 4.79 Å². The van der Waals surface area contributed by atoms with Gasteiger partial charge in [0.05, 0.1) is 5.69 Å². The first-order valence-corrected chi connectivity index (χ1v) is 5.41. The third kappa shape index (κ3) is 3.03. The topological polar surface area (TPSA) is 56.0 Å². The summed E-state index contributed by atoms with van der Waals surface area (Å²) in [4.78, 5) is 15.3. The maximum Gasteiger partial charge on any atom is 0.236 e. The second kappa shape index (κ2) is 5.00. The highest BCUT2D eigenvalue weighted by molar-refractivity contribution is 8.00. The summed E-state index contributed by atoms with van der Waals surface area (Å²) in [6, 6.07) is 5.51. The quantitative estimate of drug-likeness (QED) is 0.823. The van der Waals surface area contributed by atoms with Crippen LogP contribution in [0, 0.1) is 0 Å². The SMILES string of the molecule is CC(C)SC(C(N)=O)c1ccccn1. The number of rotatable bonds is 4. The monoisotopic (exact) mass is 210 g/mol. The number of nitrogens with two attached hydrogens (primary N) is 1. The second-order valence-corrected chi connectivity index (χ2v) is 4.91. The van der Waals surface area contributed by atoms with Crippen molar-refractivity contribution >= 4 is 17.7 Å². The zero-order valence-corrected chi connectivity index (χ0v) is 9.12. The molecule has 0 aliphatic heterocycles. The Morgan fingerprint density at radius 2 is 2.21 bits per heavy atom. The highest BCUT2D eigenvalue weighted by atomic mass is 32.2. The predicted molar refractivity (Wildman–Crippen MR) is 58.9 cm³/mol. The molecular formula is C10H14N2OS.